The number of benzene rings is 2. The average Bonchev–Trinajstić information content (AvgIpc) is 3.27. The molecule has 8 nitrogen and oxygen atoms in total. The number of methoxy groups -OCH3 is 2. The van der Waals surface area contributed by atoms with E-state index in [9.17, 15) is 4.79 Å². The number of nitrogens with one attached hydrogen (secondary N) is 2. The lowest BCUT2D eigenvalue weighted by atomic mass is 10.0. The number of rotatable bonds is 6. The van der Waals surface area contributed by atoms with Crippen molar-refractivity contribution in [3.63, 3.8) is 0 Å². The molecule has 2 heterocycles. The molecular weight excluding hydrogens is 465 g/mol. The fourth-order valence-electron chi connectivity index (χ4n) is 3.93. The van der Waals surface area contributed by atoms with Gasteiger partial charge in [-0.3, -0.25) is 4.79 Å². The molecule has 2 N–H and O–H groups in total. The van der Waals surface area contributed by atoms with Crippen LogP contribution in [0.15, 0.2) is 30.5 Å². The first-order valence-electron chi connectivity index (χ1n) is 10.4. The minimum Gasteiger partial charge on any atom is -0.495 e. The second-order valence-corrected chi connectivity index (χ2v) is 8.78. The van der Waals surface area contributed by atoms with Crippen LogP contribution in [0.1, 0.15) is 6.42 Å². The number of likely N-dealkylation sites (N-methyl/N-ethyl adjacent to an activating group) is 1. The van der Waals surface area contributed by atoms with E-state index in [4.69, 9.17) is 32.7 Å². The summed E-state index contributed by atoms with van der Waals surface area (Å²) in [7, 11) is 6.60. The summed E-state index contributed by atoms with van der Waals surface area (Å²) < 4.78 is 10.7. The summed E-state index contributed by atoms with van der Waals surface area (Å²) in [5, 5.41) is 8.20. The Hall–Kier alpha value is -2.81. The van der Waals surface area contributed by atoms with Crippen LogP contribution < -0.4 is 20.1 Å². The Morgan fingerprint density at radius 1 is 1.15 bits per heavy atom. The van der Waals surface area contributed by atoms with E-state index < -0.39 is 0 Å². The molecule has 1 aliphatic rings. The summed E-state index contributed by atoms with van der Waals surface area (Å²) in [4.78, 5) is 22.9. The van der Waals surface area contributed by atoms with Gasteiger partial charge in [0, 0.05) is 49.9 Å². The van der Waals surface area contributed by atoms with Crippen molar-refractivity contribution >= 4 is 46.0 Å². The van der Waals surface area contributed by atoms with Crippen molar-refractivity contribution in [3.8, 4) is 22.6 Å². The highest BCUT2D eigenvalue weighted by atomic mass is 35.5. The van der Waals surface area contributed by atoms with Crippen molar-refractivity contribution in [3.05, 3.63) is 40.5 Å². The molecular formula is C23H25Cl2N5O3. The van der Waals surface area contributed by atoms with Crippen LogP contribution in [0.2, 0.25) is 10.0 Å². The van der Waals surface area contributed by atoms with Crippen molar-refractivity contribution in [2.75, 3.05) is 40.2 Å². The molecule has 0 bridgehead atoms. The summed E-state index contributed by atoms with van der Waals surface area (Å²) in [5.41, 5.74) is 2.18. The Balaban J connectivity index is 1.59. The normalized spacial score (nSPS) is 17.8. The Morgan fingerprint density at radius 2 is 1.85 bits per heavy atom. The molecule has 1 fully saturated rings. The van der Waals surface area contributed by atoms with E-state index in [0.717, 1.165) is 16.5 Å². The summed E-state index contributed by atoms with van der Waals surface area (Å²) in [6.45, 7) is 0.666. The minimum absolute atomic E-state index is 0.0671. The number of fused-ring (bicyclic) bond motifs is 1. The van der Waals surface area contributed by atoms with Crippen LogP contribution in [0.4, 0.5) is 5.95 Å². The molecule has 0 saturated carbocycles. The quantitative estimate of drug-likeness (QED) is 0.543. The van der Waals surface area contributed by atoms with Crippen LogP contribution in [0.3, 0.4) is 0 Å². The number of ether oxygens (including phenoxy) is 2. The maximum atomic E-state index is 12.2. The lowest BCUT2D eigenvalue weighted by Gasteiger charge is -2.16. The SMILES string of the molecule is COc1cc(OC)c(Cl)c(-c2ccc3nc(N[C@@H]4CN[C@H](C(=O)N(C)C)C4)ncc3c2)c1Cl. The monoisotopic (exact) mass is 489 g/mol. The highest BCUT2D eigenvalue weighted by Crippen LogP contribution is 2.46. The maximum absolute atomic E-state index is 12.2. The lowest BCUT2D eigenvalue weighted by molar-refractivity contribution is -0.130. The second-order valence-electron chi connectivity index (χ2n) is 8.02. The highest BCUT2D eigenvalue weighted by molar-refractivity contribution is 6.41. The number of hydrogen-bond acceptors (Lipinski definition) is 7. The van der Waals surface area contributed by atoms with E-state index in [1.54, 1.807) is 45.5 Å². The molecule has 2 atom stereocenters. The summed E-state index contributed by atoms with van der Waals surface area (Å²) in [6.07, 6.45) is 2.42. The first-order valence-corrected chi connectivity index (χ1v) is 11.2. The Labute approximate surface area is 202 Å². The zero-order valence-electron chi connectivity index (χ0n) is 18.8. The zero-order valence-corrected chi connectivity index (χ0v) is 20.3. The molecule has 4 rings (SSSR count). The van der Waals surface area contributed by atoms with E-state index >= 15 is 0 Å². The number of nitrogens with zero attached hydrogens (tertiary/aromatic N) is 3. The third-order valence-corrected chi connectivity index (χ3v) is 6.40. The number of hydrogen-bond donors (Lipinski definition) is 2. The first kappa shape index (κ1) is 23.4. The van der Waals surface area contributed by atoms with Crippen molar-refractivity contribution in [2.45, 2.75) is 18.5 Å². The van der Waals surface area contributed by atoms with E-state index in [2.05, 4.69) is 20.6 Å². The Bertz CT molecular complexity index is 1180. The molecule has 2 aromatic carbocycles. The molecule has 10 heteroatoms. The predicted octanol–water partition coefficient (Wildman–Crippen LogP) is 3.85. The van der Waals surface area contributed by atoms with Gasteiger partial charge in [-0.15, -0.1) is 0 Å². The van der Waals surface area contributed by atoms with Gasteiger partial charge in [0.15, 0.2) is 0 Å². The van der Waals surface area contributed by atoms with E-state index in [1.807, 2.05) is 18.2 Å². The molecule has 0 unspecified atom stereocenters. The topological polar surface area (TPSA) is 88.6 Å². The zero-order chi connectivity index (χ0) is 23.7. The van der Waals surface area contributed by atoms with Gasteiger partial charge in [-0.05, 0) is 24.1 Å². The van der Waals surface area contributed by atoms with Crippen LogP contribution in [-0.4, -0.2) is 67.7 Å². The van der Waals surface area contributed by atoms with Gasteiger partial charge in [0.1, 0.15) is 11.5 Å². The molecule has 1 amide bonds. The van der Waals surface area contributed by atoms with Gasteiger partial charge in [0.25, 0.3) is 0 Å². The molecule has 0 spiro atoms. The maximum Gasteiger partial charge on any atom is 0.239 e. The largest absolute Gasteiger partial charge is 0.495 e. The van der Waals surface area contributed by atoms with Gasteiger partial charge in [0.05, 0.1) is 35.8 Å². The molecule has 33 heavy (non-hydrogen) atoms. The highest BCUT2D eigenvalue weighted by Gasteiger charge is 2.30. The van der Waals surface area contributed by atoms with Crippen molar-refractivity contribution in [1.82, 2.24) is 20.2 Å². The van der Waals surface area contributed by atoms with Crippen LogP contribution in [0, 0.1) is 0 Å². The summed E-state index contributed by atoms with van der Waals surface area (Å²) in [5.74, 6) is 1.52. The van der Waals surface area contributed by atoms with Crippen LogP contribution in [-0.2, 0) is 4.79 Å². The van der Waals surface area contributed by atoms with Gasteiger partial charge in [0.2, 0.25) is 11.9 Å². The lowest BCUT2D eigenvalue weighted by Crippen LogP contribution is -2.39. The van der Waals surface area contributed by atoms with Gasteiger partial charge in [-0.1, -0.05) is 29.3 Å². The molecule has 174 valence electrons. The van der Waals surface area contributed by atoms with Gasteiger partial charge in [-0.2, -0.15) is 0 Å². The van der Waals surface area contributed by atoms with Crippen molar-refractivity contribution in [2.24, 2.45) is 0 Å². The standard InChI is InChI=1S/C23H25Cl2N5O3/c1-30(2)22(31)16-8-14(11-26-16)28-23-27-10-13-7-12(5-6-15(13)29-23)19-20(24)17(32-3)9-18(33-4)21(19)25/h5-7,9-10,14,16,26H,8,11H2,1-4H3,(H,27,28,29)/t14-,16-/m0/s1. The molecule has 1 aliphatic heterocycles. The summed E-state index contributed by atoms with van der Waals surface area (Å²) >= 11 is 13.1. The minimum atomic E-state index is -0.199. The molecule has 1 saturated heterocycles. The molecule has 0 radical (unpaired) electrons. The number of aromatic nitrogens is 2. The summed E-state index contributed by atoms with van der Waals surface area (Å²) in [6, 6.07) is 7.24. The smallest absolute Gasteiger partial charge is 0.239 e. The van der Waals surface area contributed by atoms with Crippen LogP contribution >= 0.6 is 23.2 Å². The van der Waals surface area contributed by atoms with Crippen molar-refractivity contribution < 1.29 is 14.3 Å². The van der Waals surface area contributed by atoms with Gasteiger partial charge >= 0.3 is 0 Å². The van der Waals surface area contributed by atoms with E-state index in [1.165, 1.54) is 0 Å². The third kappa shape index (κ3) is 4.64. The van der Waals surface area contributed by atoms with Gasteiger partial charge in [-0.25, -0.2) is 9.97 Å². The number of carbonyl (C=O) groups excluding carboxylic acids is 1. The van der Waals surface area contributed by atoms with Gasteiger partial charge < -0.3 is 25.0 Å². The molecule has 3 aromatic rings. The first-order chi connectivity index (χ1) is 15.8. The average molecular weight is 490 g/mol. The van der Waals surface area contributed by atoms with E-state index in [-0.39, 0.29) is 18.0 Å². The van der Waals surface area contributed by atoms with Crippen molar-refractivity contribution in [1.29, 1.82) is 0 Å². The fraction of sp³-hybridized carbons (Fsp3) is 0.348. The Morgan fingerprint density at radius 3 is 2.48 bits per heavy atom. The predicted molar refractivity (Wildman–Crippen MR) is 131 cm³/mol. The van der Waals surface area contributed by atoms with E-state index in [0.29, 0.717) is 46.0 Å². The molecule has 0 aliphatic carbocycles. The Kier molecular flexibility index (Phi) is 6.78. The number of halogens is 2. The van der Waals surface area contributed by atoms with Crippen LogP contribution in [0.5, 0.6) is 11.5 Å². The number of amides is 1. The molecule has 1 aromatic heterocycles. The second kappa shape index (κ2) is 9.59. The fourth-order valence-corrected chi connectivity index (χ4v) is 4.64. The van der Waals surface area contributed by atoms with Crippen LogP contribution in [0.25, 0.3) is 22.0 Å². The third-order valence-electron chi connectivity index (χ3n) is 5.65. The number of anilines is 1. The number of carbonyl (C=O) groups is 1.